The maximum absolute atomic E-state index is 6.48. The lowest BCUT2D eigenvalue weighted by Gasteiger charge is -2.23. The lowest BCUT2D eigenvalue weighted by molar-refractivity contribution is 0.579. The molecule has 0 aliphatic rings. The van der Waals surface area contributed by atoms with E-state index in [0.717, 1.165) is 25.1 Å². The predicted molar refractivity (Wildman–Crippen MR) is 77.6 cm³/mol. The number of halogens is 1. The van der Waals surface area contributed by atoms with Gasteiger partial charge in [-0.3, -0.25) is 0 Å². The molecule has 2 unspecified atom stereocenters. The summed E-state index contributed by atoms with van der Waals surface area (Å²) in [5.74, 6) is 1.48. The fraction of sp³-hybridized carbons (Fsp3) is 0.615. The highest BCUT2D eigenvalue weighted by Crippen LogP contribution is 2.19. The van der Waals surface area contributed by atoms with Gasteiger partial charge >= 0.3 is 0 Å². The van der Waals surface area contributed by atoms with Crippen molar-refractivity contribution in [3.8, 4) is 0 Å². The predicted octanol–water partition coefficient (Wildman–Crippen LogP) is 3.11. The molecule has 2 rings (SSSR count). The smallest absolute Gasteiger partial charge is 0.254 e. The number of nitrogens with one attached hydrogen (secondary N) is 1. The zero-order valence-corrected chi connectivity index (χ0v) is 12.1. The van der Waals surface area contributed by atoms with Gasteiger partial charge < -0.3 is 5.32 Å². The van der Waals surface area contributed by atoms with Gasteiger partial charge in [-0.05, 0) is 18.9 Å². The van der Waals surface area contributed by atoms with Gasteiger partial charge in [0, 0.05) is 12.2 Å². The lowest BCUT2D eigenvalue weighted by Crippen LogP contribution is -2.30. The first-order valence-corrected chi connectivity index (χ1v) is 7.25. The summed E-state index contributed by atoms with van der Waals surface area (Å²) in [6.07, 6.45) is 7.55. The van der Waals surface area contributed by atoms with E-state index in [9.17, 15) is 0 Å². The second-order valence-electron chi connectivity index (χ2n) is 4.62. The minimum absolute atomic E-state index is 0.122. The van der Waals surface area contributed by atoms with Crippen molar-refractivity contribution in [3.05, 3.63) is 18.6 Å². The van der Waals surface area contributed by atoms with Crippen LogP contribution in [-0.4, -0.2) is 31.0 Å². The molecule has 0 saturated carbocycles. The summed E-state index contributed by atoms with van der Waals surface area (Å²) in [6.45, 7) is 4.32. The van der Waals surface area contributed by atoms with E-state index in [0.29, 0.717) is 5.78 Å². The van der Waals surface area contributed by atoms with Gasteiger partial charge in [-0.2, -0.15) is 14.6 Å². The normalized spacial score (nSPS) is 14.5. The Kier molecular flexibility index (Phi) is 4.96. The molecular weight excluding hydrogens is 262 g/mol. The molecule has 0 bridgehead atoms. The third-order valence-electron chi connectivity index (χ3n) is 3.22. The lowest BCUT2D eigenvalue weighted by atomic mass is 10.1. The number of hydrogen-bond acceptors (Lipinski definition) is 4. The fourth-order valence-corrected chi connectivity index (χ4v) is 2.48. The van der Waals surface area contributed by atoms with E-state index in [2.05, 4.69) is 34.2 Å². The van der Waals surface area contributed by atoms with E-state index in [1.165, 1.54) is 12.7 Å². The molecule has 0 amide bonds. The largest absolute Gasteiger partial charge is 0.366 e. The van der Waals surface area contributed by atoms with Crippen LogP contribution in [0.4, 0.5) is 5.82 Å². The topological polar surface area (TPSA) is 55.1 Å². The third-order valence-corrected chi connectivity index (χ3v) is 3.75. The molecule has 0 radical (unpaired) electrons. The van der Waals surface area contributed by atoms with Gasteiger partial charge in [0.2, 0.25) is 0 Å². The van der Waals surface area contributed by atoms with E-state index in [1.54, 1.807) is 10.7 Å². The molecule has 19 heavy (non-hydrogen) atoms. The molecule has 0 spiro atoms. The third kappa shape index (κ3) is 3.35. The first kappa shape index (κ1) is 14.1. The molecule has 5 nitrogen and oxygen atoms in total. The number of fused-ring (bicyclic) bond motifs is 1. The number of unbranched alkanes of at least 4 members (excludes halogenated alkanes) is 1. The Hall–Kier alpha value is -1.36. The average Bonchev–Trinajstić information content (AvgIpc) is 2.91. The van der Waals surface area contributed by atoms with Crippen molar-refractivity contribution in [2.75, 3.05) is 5.32 Å². The molecule has 0 fully saturated rings. The van der Waals surface area contributed by atoms with E-state index in [-0.39, 0.29) is 11.4 Å². The average molecular weight is 282 g/mol. The van der Waals surface area contributed by atoms with Crippen molar-refractivity contribution >= 4 is 23.2 Å². The molecule has 2 atom stereocenters. The summed E-state index contributed by atoms with van der Waals surface area (Å²) in [5, 5.41) is 7.74. The van der Waals surface area contributed by atoms with E-state index in [4.69, 9.17) is 11.6 Å². The standard InChI is InChI=1S/C13H20ClN5/c1-3-5-6-10(14)11(4-2)18-12-7-8-15-13-16-9-17-19(12)13/h7-11,18H,3-6H2,1-2H3. The zero-order chi connectivity index (χ0) is 13.7. The van der Waals surface area contributed by atoms with Crippen molar-refractivity contribution in [1.82, 2.24) is 19.6 Å². The Morgan fingerprint density at radius 1 is 1.37 bits per heavy atom. The Morgan fingerprint density at radius 3 is 2.95 bits per heavy atom. The van der Waals surface area contributed by atoms with Crippen molar-refractivity contribution in [1.29, 1.82) is 0 Å². The van der Waals surface area contributed by atoms with Gasteiger partial charge in [0.05, 0.1) is 5.38 Å². The Bertz CT molecular complexity index is 512. The molecular formula is C13H20ClN5. The summed E-state index contributed by atoms with van der Waals surface area (Å²) < 4.78 is 1.70. The van der Waals surface area contributed by atoms with Gasteiger partial charge in [-0.1, -0.05) is 26.7 Å². The van der Waals surface area contributed by atoms with Crippen molar-refractivity contribution in [2.24, 2.45) is 0 Å². The number of hydrogen-bond donors (Lipinski definition) is 1. The monoisotopic (exact) mass is 281 g/mol. The molecule has 0 aliphatic carbocycles. The van der Waals surface area contributed by atoms with Crippen LogP contribution in [0.15, 0.2) is 18.6 Å². The van der Waals surface area contributed by atoms with Crippen LogP contribution in [-0.2, 0) is 0 Å². The molecule has 1 N–H and O–H groups in total. The first-order valence-electron chi connectivity index (χ1n) is 6.81. The molecule has 6 heteroatoms. The summed E-state index contributed by atoms with van der Waals surface area (Å²) in [7, 11) is 0. The zero-order valence-electron chi connectivity index (χ0n) is 11.4. The summed E-state index contributed by atoms with van der Waals surface area (Å²) >= 11 is 6.48. The Morgan fingerprint density at radius 2 is 2.21 bits per heavy atom. The van der Waals surface area contributed by atoms with E-state index < -0.39 is 0 Å². The maximum atomic E-state index is 6.48. The number of anilines is 1. The number of aromatic nitrogens is 4. The van der Waals surface area contributed by atoms with Gasteiger partial charge in [-0.25, -0.2) is 4.98 Å². The van der Waals surface area contributed by atoms with Crippen molar-refractivity contribution in [3.63, 3.8) is 0 Å². The summed E-state index contributed by atoms with van der Waals surface area (Å²) in [4.78, 5) is 8.22. The maximum Gasteiger partial charge on any atom is 0.254 e. The van der Waals surface area contributed by atoms with Crippen LogP contribution >= 0.6 is 11.6 Å². The SMILES string of the molecule is CCCCC(Cl)C(CC)Nc1ccnc2ncnn12. The Labute approximate surface area is 118 Å². The molecule has 0 saturated heterocycles. The first-order chi connectivity index (χ1) is 9.26. The van der Waals surface area contributed by atoms with Crippen molar-refractivity contribution in [2.45, 2.75) is 50.9 Å². The molecule has 0 aliphatic heterocycles. The highest BCUT2D eigenvalue weighted by atomic mass is 35.5. The van der Waals surface area contributed by atoms with Crippen molar-refractivity contribution < 1.29 is 0 Å². The van der Waals surface area contributed by atoms with Crippen LogP contribution in [0.25, 0.3) is 5.78 Å². The second-order valence-corrected chi connectivity index (χ2v) is 5.18. The number of rotatable bonds is 7. The van der Waals surface area contributed by atoms with Crippen LogP contribution in [0.3, 0.4) is 0 Å². The van der Waals surface area contributed by atoms with Crippen LogP contribution in [0, 0.1) is 0 Å². The quantitative estimate of drug-likeness (QED) is 0.792. The fourth-order valence-electron chi connectivity index (χ4n) is 2.09. The van der Waals surface area contributed by atoms with Crippen LogP contribution in [0.2, 0.25) is 0 Å². The molecule has 2 heterocycles. The van der Waals surface area contributed by atoms with Gasteiger partial charge in [0.25, 0.3) is 5.78 Å². The molecule has 2 aromatic rings. The Balaban J connectivity index is 2.11. The highest BCUT2D eigenvalue weighted by molar-refractivity contribution is 6.21. The summed E-state index contributed by atoms with van der Waals surface area (Å²) in [5.41, 5.74) is 0. The van der Waals surface area contributed by atoms with Crippen LogP contribution in [0.1, 0.15) is 39.5 Å². The minimum atomic E-state index is 0.122. The van der Waals surface area contributed by atoms with Crippen LogP contribution in [0.5, 0.6) is 0 Å². The second kappa shape index (κ2) is 6.70. The van der Waals surface area contributed by atoms with Crippen LogP contribution < -0.4 is 5.32 Å². The highest BCUT2D eigenvalue weighted by Gasteiger charge is 2.18. The molecule has 104 valence electrons. The summed E-state index contributed by atoms with van der Waals surface area (Å²) in [6, 6.07) is 2.12. The van der Waals surface area contributed by atoms with Gasteiger partial charge in [-0.15, -0.1) is 11.6 Å². The number of nitrogens with zero attached hydrogens (tertiary/aromatic N) is 4. The number of alkyl halides is 1. The van der Waals surface area contributed by atoms with E-state index in [1.807, 2.05) is 6.07 Å². The van der Waals surface area contributed by atoms with E-state index >= 15 is 0 Å². The molecule has 2 aromatic heterocycles. The minimum Gasteiger partial charge on any atom is -0.366 e. The van der Waals surface area contributed by atoms with Gasteiger partial charge in [0.15, 0.2) is 0 Å². The molecule has 0 aromatic carbocycles. The van der Waals surface area contributed by atoms with Gasteiger partial charge in [0.1, 0.15) is 12.1 Å².